The van der Waals surface area contributed by atoms with Crippen molar-refractivity contribution in [2.75, 3.05) is 0 Å². The van der Waals surface area contributed by atoms with Gasteiger partial charge in [-0.3, -0.25) is 0 Å². The van der Waals surface area contributed by atoms with Crippen LogP contribution in [-0.4, -0.2) is 9.55 Å². The first-order valence-electron chi connectivity index (χ1n) is 4.83. The largest absolute Gasteiger partial charge is 0.323 e. The summed E-state index contributed by atoms with van der Waals surface area (Å²) in [6, 6.07) is 3.99. The second-order valence-corrected chi connectivity index (χ2v) is 3.98. The van der Waals surface area contributed by atoms with Gasteiger partial charge in [0.25, 0.3) is 0 Å². The Morgan fingerprint density at radius 3 is 2.94 bits per heavy atom. The smallest absolute Gasteiger partial charge is 0.125 e. The van der Waals surface area contributed by atoms with Crippen LogP contribution in [-0.2, 0) is 0 Å². The predicted molar refractivity (Wildman–Crippen MR) is 61.1 cm³/mol. The molecule has 5 heteroatoms. The van der Waals surface area contributed by atoms with Gasteiger partial charge in [0, 0.05) is 6.04 Å². The highest BCUT2D eigenvalue weighted by Crippen LogP contribution is 2.24. The molecule has 0 saturated heterocycles. The topological polar surface area (TPSA) is 43.8 Å². The first-order valence-corrected chi connectivity index (χ1v) is 5.20. The molecule has 0 saturated carbocycles. The molecular weight excluding hydrogens is 229 g/mol. The third-order valence-corrected chi connectivity index (χ3v) is 2.62. The zero-order valence-corrected chi connectivity index (χ0v) is 9.45. The molecule has 0 aliphatic heterocycles. The summed E-state index contributed by atoms with van der Waals surface area (Å²) in [6.45, 7) is 1.83. The lowest BCUT2D eigenvalue weighted by molar-refractivity contribution is 0.625. The molecular formula is C11H11ClFN3. The van der Waals surface area contributed by atoms with E-state index >= 15 is 0 Å². The first kappa shape index (κ1) is 11.1. The summed E-state index contributed by atoms with van der Waals surface area (Å²) >= 11 is 6.01. The second-order valence-electron chi connectivity index (χ2n) is 3.57. The molecule has 1 aromatic heterocycles. The Morgan fingerprint density at radius 2 is 2.25 bits per heavy atom. The van der Waals surface area contributed by atoms with Gasteiger partial charge in [0.1, 0.15) is 5.82 Å². The number of hydrogen-bond acceptors (Lipinski definition) is 2. The van der Waals surface area contributed by atoms with Crippen LogP contribution >= 0.6 is 11.6 Å². The van der Waals surface area contributed by atoms with Crippen molar-refractivity contribution in [1.29, 1.82) is 0 Å². The Morgan fingerprint density at radius 1 is 1.50 bits per heavy atom. The zero-order chi connectivity index (χ0) is 11.7. The number of aromatic nitrogens is 2. The standard InChI is InChI=1S/C11H11ClFN3/c1-7(14)11-5-15-6-16(11)10-4-8(13)2-3-9(10)12/h2-7H,14H2,1H3. The van der Waals surface area contributed by atoms with Crippen LogP contribution in [0.2, 0.25) is 5.02 Å². The van der Waals surface area contributed by atoms with E-state index in [1.165, 1.54) is 18.2 Å². The van der Waals surface area contributed by atoms with Crippen LogP contribution in [0.3, 0.4) is 0 Å². The van der Waals surface area contributed by atoms with Crippen LogP contribution in [0.4, 0.5) is 4.39 Å². The Kier molecular flexibility index (Phi) is 2.94. The van der Waals surface area contributed by atoms with Gasteiger partial charge in [0.2, 0.25) is 0 Å². The molecule has 1 heterocycles. The van der Waals surface area contributed by atoms with Crippen molar-refractivity contribution in [2.45, 2.75) is 13.0 Å². The van der Waals surface area contributed by atoms with Gasteiger partial charge in [-0.2, -0.15) is 0 Å². The van der Waals surface area contributed by atoms with E-state index in [-0.39, 0.29) is 11.9 Å². The quantitative estimate of drug-likeness (QED) is 0.876. The third-order valence-electron chi connectivity index (χ3n) is 2.30. The SMILES string of the molecule is CC(N)c1cncn1-c1cc(F)ccc1Cl. The number of halogens is 2. The fourth-order valence-corrected chi connectivity index (χ4v) is 1.72. The number of imidazole rings is 1. The minimum absolute atomic E-state index is 0.193. The highest BCUT2D eigenvalue weighted by molar-refractivity contribution is 6.32. The average Bonchev–Trinajstić information content (AvgIpc) is 2.70. The Bertz CT molecular complexity index is 508. The summed E-state index contributed by atoms with van der Waals surface area (Å²) in [6.07, 6.45) is 3.21. The molecule has 2 aromatic rings. The van der Waals surface area contributed by atoms with Gasteiger partial charge in [-0.05, 0) is 25.1 Å². The summed E-state index contributed by atoms with van der Waals surface area (Å²) < 4.78 is 14.8. The molecule has 84 valence electrons. The van der Waals surface area contributed by atoms with E-state index in [1.807, 2.05) is 6.92 Å². The normalized spacial score (nSPS) is 12.8. The number of nitrogens with two attached hydrogens (primary N) is 1. The van der Waals surface area contributed by atoms with Gasteiger partial charge in [-0.1, -0.05) is 11.6 Å². The molecule has 2 N–H and O–H groups in total. The van der Waals surface area contributed by atoms with E-state index in [9.17, 15) is 4.39 Å². The fraction of sp³-hybridized carbons (Fsp3) is 0.182. The second kappa shape index (κ2) is 4.23. The molecule has 1 atom stereocenters. The molecule has 0 bridgehead atoms. The molecule has 0 aliphatic rings. The summed E-state index contributed by atoms with van der Waals surface area (Å²) in [5.74, 6) is -0.344. The van der Waals surface area contributed by atoms with E-state index in [2.05, 4.69) is 4.98 Å². The summed E-state index contributed by atoms with van der Waals surface area (Å²) in [5.41, 5.74) is 7.12. The van der Waals surface area contributed by atoms with Crippen LogP contribution in [0.15, 0.2) is 30.7 Å². The van der Waals surface area contributed by atoms with Crippen molar-refractivity contribution < 1.29 is 4.39 Å². The maximum atomic E-state index is 13.1. The van der Waals surface area contributed by atoms with E-state index in [1.54, 1.807) is 17.1 Å². The monoisotopic (exact) mass is 239 g/mol. The molecule has 0 amide bonds. The van der Waals surface area contributed by atoms with E-state index in [0.717, 1.165) is 5.69 Å². The maximum absolute atomic E-state index is 13.1. The first-order chi connectivity index (χ1) is 7.59. The van der Waals surface area contributed by atoms with Gasteiger partial charge < -0.3 is 10.3 Å². The number of benzene rings is 1. The van der Waals surface area contributed by atoms with Crippen LogP contribution in [0.1, 0.15) is 18.7 Å². The summed E-state index contributed by atoms with van der Waals surface area (Å²) in [5, 5.41) is 0.460. The van der Waals surface area contributed by atoms with Crippen molar-refractivity contribution in [3.8, 4) is 5.69 Å². The zero-order valence-electron chi connectivity index (χ0n) is 8.69. The van der Waals surface area contributed by atoms with Crippen LogP contribution in [0.5, 0.6) is 0 Å². The molecule has 3 nitrogen and oxygen atoms in total. The highest BCUT2D eigenvalue weighted by Gasteiger charge is 2.11. The fourth-order valence-electron chi connectivity index (χ4n) is 1.51. The van der Waals surface area contributed by atoms with Gasteiger partial charge in [-0.25, -0.2) is 9.37 Å². The van der Waals surface area contributed by atoms with Crippen LogP contribution in [0, 0.1) is 5.82 Å². The van der Waals surface area contributed by atoms with Gasteiger partial charge in [0.15, 0.2) is 0 Å². The summed E-state index contributed by atoms with van der Waals surface area (Å²) in [7, 11) is 0. The highest BCUT2D eigenvalue weighted by atomic mass is 35.5. The Hall–Kier alpha value is -1.39. The number of hydrogen-bond donors (Lipinski definition) is 1. The average molecular weight is 240 g/mol. The lowest BCUT2D eigenvalue weighted by atomic mass is 10.2. The molecule has 1 aromatic carbocycles. The molecule has 1 unspecified atom stereocenters. The van der Waals surface area contributed by atoms with E-state index < -0.39 is 0 Å². The predicted octanol–water partition coefficient (Wildman–Crippen LogP) is 2.68. The van der Waals surface area contributed by atoms with Crippen molar-refractivity contribution in [3.05, 3.63) is 47.3 Å². The Balaban J connectivity index is 2.58. The van der Waals surface area contributed by atoms with Crippen molar-refractivity contribution in [3.63, 3.8) is 0 Å². The molecule has 16 heavy (non-hydrogen) atoms. The molecule has 0 spiro atoms. The molecule has 0 aliphatic carbocycles. The molecule has 0 fully saturated rings. The minimum atomic E-state index is -0.344. The van der Waals surface area contributed by atoms with Crippen molar-refractivity contribution >= 4 is 11.6 Å². The summed E-state index contributed by atoms with van der Waals surface area (Å²) in [4.78, 5) is 3.99. The van der Waals surface area contributed by atoms with Crippen LogP contribution < -0.4 is 5.73 Å². The van der Waals surface area contributed by atoms with E-state index in [0.29, 0.717) is 10.7 Å². The van der Waals surface area contributed by atoms with Gasteiger partial charge in [-0.15, -0.1) is 0 Å². The van der Waals surface area contributed by atoms with Crippen molar-refractivity contribution in [1.82, 2.24) is 9.55 Å². The number of rotatable bonds is 2. The maximum Gasteiger partial charge on any atom is 0.125 e. The van der Waals surface area contributed by atoms with E-state index in [4.69, 9.17) is 17.3 Å². The van der Waals surface area contributed by atoms with Gasteiger partial charge in [0.05, 0.1) is 28.9 Å². The van der Waals surface area contributed by atoms with Crippen molar-refractivity contribution in [2.24, 2.45) is 5.73 Å². The molecule has 0 radical (unpaired) electrons. The third kappa shape index (κ3) is 1.94. The Labute approximate surface area is 97.7 Å². The lowest BCUT2D eigenvalue weighted by Crippen LogP contribution is -2.10. The molecule has 2 rings (SSSR count). The number of nitrogens with zero attached hydrogens (tertiary/aromatic N) is 2. The van der Waals surface area contributed by atoms with Gasteiger partial charge >= 0.3 is 0 Å². The van der Waals surface area contributed by atoms with Crippen LogP contribution in [0.25, 0.3) is 5.69 Å². The minimum Gasteiger partial charge on any atom is -0.323 e. The lowest BCUT2D eigenvalue weighted by Gasteiger charge is -2.12.